The highest BCUT2D eigenvalue weighted by Crippen LogP contribution is 2.28. The highest BCUT2D eigenvalue weighted by atomic mass is 32.1. The SMILES string of the molecule is CCC(C)NC(=O)c1ccn(-c2csc(-c3ccc(OC)cc3)n2)c1C. The molecular weight excluding hydrogens is 346 g/mol. The van der Waals surface area contributed by atoms with Crippen LogP contribution in [0.2, 0.25) is 0 Å². The Morgan fingerprint density at radius 3 is 2.69 bits per heavy atom. The van der Waals surface area contributed by atoms with Crippen LogP contribution in [0.25, 0.3) is 16.4 Å². The summed E-state index contributed by atoms with van der Waals surface area (Å²) in [5.41, 5.74) is 2.61. The summed E-state index contributed by atoms with van der Waals surface area (Å²) < 4.78 is 7.15. The Labute approximate surface area is 157 Å². The van der Waals surface area contributed by atoms with Gasteiger partial charge in [0.05, 0.1) is 12.7 Å². The van der Waals surface area contributed by atoms with Crippen LogP contribution >= 0.6 is 11.3 Å². The van der Waals surface area contributed by atoms with Crippen LogP contribution in [-0.4, -0.2) is 28.6 Å². The van der Waals surface area contributed by atoms with Crippen LogP contribution in [0.5, 0.6) is 5.75 Å². The molecule has 0 aliphatic heterocycles. The lowest BCUT2D eigenvalue weighted by Gasteiger charge is -2.11. The molecule has 0 bridgehead atoms. The van der Waals surface area contributed by atoms with E-state index >= 15 is 0 Å². The third-order valence-corrected chi connectivity index (χ3v) is 5.33. The van der Waals surface area contributed by atoms with Crippen molar-refractivity contribution in [2.24, 2.45) is 0 Å². The van der Waals surface area contributed by atoms with E-state index in [-0.39, 0.29) is 11.9 Å². The molecule has 0 fully saturated rings. The van der Waals surface area contributed by atoms with Crippen LogP contribution < -0.4 is 10.1 Å². The van der Waals surface area contributed by atoms with Crippen LogP contribution in [0.4, 0.5) is 0 Å². The molecule has 1 aromatic carbocycles. The second kappa shape index (κ2) is 7.74. The van der Waals surface area contributed by atoms with Crippen LogP contribution in [0, 0.1) is 6.92 Å². The zero-order valence-corrected chi connectivity index (χ0v) is 16.3. The van der Waals surface area contributed by atoms with E-state index in [0.717, 1.165) is 34.3 Å². The lowest BCUT2D eigenvalue weighted by atomic mass is 10.2. The first kappa shape index (κ1) is 18.2. The smallest absolute Gasteiger partial charge is 0.253 e. The molecule has 1 amide bonds. The van der Waals surface area contributed by atoms with E-state index in [0.29, 0.717) is 5.56 Å². The second-order valence-electron chi connectivity index (χ2n) is 6.21. The molecule has 0 radical (unpaired) electrons. The molecule has 2 heterocycles. The van der Waals surface area contributed by atoms with Crippen LogP contribution in [0.1, 0.15) is 36.3 Å². The molecule has 0 aliphatic carbocycles. The normalized spacial score (nSPS) is 12.0. The van der Waals surface area contributed by atoms with Gasteiger partial charge in [0.25, 0.3) is 5.91 Å². The molecule has 0 saturated heterocycles. The van der Waals surface area contributed by atoms with E-state index in [2.05, 4.69) is 12.2 Å². The summed E-state index contributed by atoms with van der Waals surface area (Å²) >= 11 is 1.58. The molecule has 0 saturated carbocycles. The predicted octanol–water partition coefficient (Wildman–Crippen LogP) is 4.45. The Bertz CT molecular complexity index is 896. The van der Waals surface area contributed by atoms with Crippen molar-refractivity contribution < 1.29 is 9.53 Å². The number of amides is 1. The minimum atomic E-state index is -0.0405. The fraction of sp³-hybridized carbons (Fsp3) is 0.300. The molecule has 1 atom stereocenters. The topological polar surface area (TPSA) is 56.2 Å². The van der Waals surface area contributed by atoms with E-state index in [1.165, 1.54) is 0 Å². The molecule has 5 nitrogen and oxygen atoms in total. The first-order valence-electron chi connectivity index (χ1n) is 8.62. The van der Waals surface area contributed by atoms with E-state index in [4.69, 9.17) is 9.72 Å². The quantitative estimate of drug-likeness (QED) is 0.698. The first-order chi connectivity index (χ1) is 12.5. The fourth-order valence-corrected chi connectivity index (χ4v) is 3.45. The Morgan fingerprint density at radius 1 is 1.31 bits per heavy atom. The first-order valence-corrected chi connectivity index (χ1v) is 9.50. The number of nitrogens with zero attached hydrogens (tertiary/aromatic N) is 2. The molecule has 26 heavy (non-hydrogen) atoms. The monoisotopic (exact) mass is 369 g/mol. The number of aromatic nitrogens is 2. The number of nitrogens with one attached hydrogen (secondary N) is 1. The molecule has 2 aromatic heterocycles. The maximum atomic E-state index is 12.4. The molecule has 1 N–H and O–H groups in total. The van der Waals surface area contributed by atoms with Gasteiger partial charge in [-0.05, 0) is 50.6 Å². The molecule has 6 heteroatoms. The summed E-state index contributed by atoms with van der Waals surface area (Å²) in [5, 5.41) is 5.95. The predicted molar refractivity (Wildman–Crippen MR) is 105 cm³/mol. The van der Waals surface area contributed by atoms with Gasteiger partial charge >= 0.3 is 0 Å². The van der Waals surface area contributed by atoms with Crippen molar-refractivity contribution in [3.05, 3.63) is 53.2 Å². The molecule has 136 valence electrons. The minimum Gasteiger partial charge on any atom is -0.497 e. The van der Waals surface area contributed by atoms with Gasteiger partial charge in [-0.25, -0.2) is 4.98 Å². The average Bonchev–Trinajstić information content (AvgIpc) is 3.28. The van der Waals surface area contributed by atoms with Gasteiger partial charge in [0.2, 0.25) is 0 Å². The number of carbonyl (C=O) groups is 1. The summed E-state index contributed by atoms with van der Waals surface area (Å²) in [6.07, 6.45) is 2.80. The molecule has 0 aliphatic rings. The van der Waals surface area contributed by atoms with Crippen molar-refractivity contribution in [1.82, 2.24) is 14.9 Å². The van der Waals surface area contributed by atoms with Gasteiger partial charge in [-0.2, -0.15) is 0 Å². The van der Waals surface area contributed by atoms with E-state index in [1.807, 2.05) is 60.3 Å². The number of ether oxygens (including phenoxy) is 1. The van der Waals surface area contributed by atoms with Gasteiger partial charge in [0.15, 0.2) is 0 Å². The third-order valence-electron chi connectivity index (χ3n) is 4.45. The van der Waals surface area contributed by atoms with Crippen molar-refractivity contribution in [1.29, 1.82) is 0 Å². The van der Waals surface area contributed by atoms with Crippen molar-refractivity contribution in [3.8, 4) is 22.1 Å². The van der Waals surface area contributed by atoms with Gasteiger partial charge in [0, 0.05) is 28.9 Å². The number of rotatable bonds is 6. The van der Waals surface area contributed by atoms with E-state index in [9.17, 15) is 4.79 Å². The third kappa shape index (κ3) is 3.65. The van der Waals surface area contributed by atoms with E-state index in [1.54, 1.807) is 18.4 Å². The lowest BCUT2D eigenvalue weighted by Crippen LogP contribution is -2.32. The number of thiazole rings is 1. The van der Waals surface area contributed by atoms with Gasteiger partial charge in [-0.3, -0.25) is 4.79 Å². The number of hydrogen-bond donors (Lipinski definition) is 1. The lowest BCUT2D eigenvalue weighted by molar-refractivity contribution is 0.0938. The second-order valence-corrected chi connectivity index (χ2v) is 7.07. The molecule has 3 rings (SSSR count). The van der Waals surface area contributed by atoms with Crippen LogP contribution in [0.3, 0.4) is 0 Å². The van der Waals surface area contributed by atoms with Crippen molar-refractivity contribution in [2.75, 3.05) is 7.11 Å². The fourth-order valence-electron chi connectivity index (χ4n) is 2.65. The summed E-state index contributed by atoms with van der Waals surface area (Å²) in [6, 6.07) is 9.85. The van der Waals surface area contributed by atoms with E-state index < -0.39 is 0 Å². The Hall–Kier alpha value is -2.60. The van der Waals surface area contributed by atoms with Gasteiger partial charge in [0.1, 0.15) is 16.6 Å². The summed E-state index contributed by atoms with van der Waals surface area (Å²) in [7, 11) is 1.65. The van der Waals surface area contributed by atoms with Crippen molar-refractivity contribution in [3.63, 3.8) is 0 Å². The summed E-state index contributed by atoms with van der Waals surface area (Å²) in [4.78, 5) is 17.1. The standard InChI is InChI=1S/C20H23N3O2S/c1-5-13(2)21-19(24)17-10-11-23(14(17)3)18-12-26-20(22-18)15-6-8-16(25-4)9-7-15/h6-13H,5H2,1-4H3,(H,21,24). The number of carbonyl (C=O) groups excluding carboxylic acids is 1. The summed E-state index contributed by atoms with van der Waals surface area (Å²) in [5.74, 6) is 1.60. The minimum absolute atomic E-state index is 0.0405. The van der Waals surface area contributed by atoms with Gasteiger partial charge in [-0.1, -0.05) is 6.92 Å². The Kier molecular flexibility index (Phi) is 5.42. The molecule has 1 unspecified atom stereocenters. The van der Waals surface area contributed by atoms with Crippen molar-refractivity contribution >= 4 is 17.2 Å². The number of benzene rings is 1. The largest absolute Gasteiger partial charge is 0.497 e. The highest BCUT2D eigenvalue weighted by molar-refractivity contribution is 7.13. The van der Waals surface area contributed by atoms with Crippen LogP contribution in [0.15, 0.2) is 41.9 Å². The zero-order chi connectivity index (χ0) is 18.7. The van der Waals surface area contributed by atoms with Gasteiger partial charge < -0.3 is 14.6 Å². The molecule has 3 aromatic rings. The Morgan fingerprint density at radius 2 is 2.04 bits per heavy atom. The summed E-state index contributed by atoms with van der Waals surface area (Å²) in [6.45, 7) is 6.00. The highest BCUT2D eigenvalue weighted by Gasteiger charge is 2.16. The Balaban J connectivity index is 1.84. The zero-order valence-electron chi connectivity index (χ0n) is 15.4. The number of hydrogen-bond acceptors (Lipinski definition) is 4. The van der Waals surface area contributed by atoms with Gasteiger partial charge in [-0.15, -0.1) is 11.3 Å². The maximum Gasteiger partial charge on any atom is 0.253 e. The average molecular weight is 369 g/mol. The van der Waals surface area contributed by atoms with Crippen LogP contribution in [-0.2, 0) is 0 Å². The molecular formula is C20H23N3O2S. The number of methoxy groups -OCH3 is 1. The molecule has 0 spiro atoms. The maximum absolute atomic E-state index is 12.4. The van der Waals surface area contributed by atoms with Crippen molar-refractivity contribution in [2.45, 2.75) is 33.2 Å².